The fourth-order valence-corrected chi connectivity index (χ4v) is 4.36. The first-order valence-corrected chi connectivity index (χ1v) is 10.5. The minimum absolute atomic E-state index is 0.262. The van der Waals surface area contributed by atoms with Crippen LogP contribution >= 0.6 is 0 Å². The summed E-state index contributed by atoms with van der Waals surface area (Å²) in [6.45, 7) is 8.86. The van der Waals surface area contributed by atoms with Crippen LogP contribution in [0.15, 0.2) is 58.2 Å². The van der Waals surface area contributed by atoms with Gasteiger partial charge in [-0.15, -0.1) is 0 Å². The van der Waals surface area contributed by atoms with Gasteiger partial charge in [-0.1, -0.05) is 56.6 Å². The van der Waals surface area contributed by atoms with Gasteiger partial charge >= 0.3 is 5.97 Å². The smallest absolute Gasteiger partial charge is 0.328 e. The van der Waals surface area contributed by atoms with Crippen LogP contribution in [0.25, 0.3) is 0 Å². The number of carboxylic acids is 1. The molecule has 0 fully saturated rings. The van der Waals surface area contributed by atoms with E-state index in [1.54, 1.807) is 0 Å². The Labute approximate surface area is 165 Å². The molecule has 0 saturated heterocycles. The topological polar surface area (TPSA) is 37.3 Å². The highest BCUT2D eigenvalue weighted by Gasteiger charge is 2.26. The van der Waals surface area contributed by atoms with Gasteiger partial charge in [0, 0.05) is 6.08 Å². The van der Waals surface area contributed by atoms with Gasteiger partial charge in [0.2, 0.25) is 0 Å². The molecule has 0 aromatic rings. The summed E-state index contributed by atoms with van der Waals surface area (Å²) in [6, 6.07) is 0. The van der Waals surface area contributed by atoms with Crippen molar-refractivity contribution >= 4 is 5.97 Å². The minimum Gasteiger partial charge on any atom is -0.478 e. The highest BCUT2D eigenvalue weighted by Crippen LogP contribution is 2.41. The van der Waals surface area contributed by atoms with Crippen LogP contribution in [0.1, 0.15) is 85.5 Å². The zero-order valence-corrected chi connectivity index (χ0v) is 17.6. The number of hydrogen-bond donors (Lipinski definition) is 1. The molecule has 0 spiro atoms. The summed E-state index contributed by atoms with van der Waals surface area (Å²) in [4.78, 5) is 10.9. The van der Waals surface area contributed by atoms with Gasteiger partial charge in [0.15, 0.2) is 0 Å². The van der Waals surface area contributed by atoms with E-state index in [9.17, 15) is 4.79 Å². The average molecular weight is 369 g/mol. The first kappa shape index (κ1) is 21.5. The van der Waals surface area contributed by atoms with E-state index in [4.69, 9.17) is 5.11 Å². The van der Waals surface area contributed by atoms with E-state index in [0.29, 0.717) is 0 Å². The highest BCUT2D eigenvalue weighted by atomic mass is 16.4. The molecule has 1 N–H and O–H groups in total. The Bertz CT molecular complexity index is 696. The molecule has 0 atom stereocenters. The summed E-state index contributed by atoms with van der Waals surface area (Å²) >= 11 is 0. The van der Waals surface area contributed by atoms with Crippen molar-refractivity contribution in [1.82, 2.24) is 0 Å². The molecule has 0 aromatic heterocycles. The van der Waals surface area contributed by atoms with Crippen LogP contribution in [0.2, 0.25) is 0 Å². The first-order chi connectivity index (χ1) is 12.8. The largest absolute Gasteiger partial charge is 0.478 e. The maximum Gasteiger partial charge on any atom is 0.328 e. The number of carboxylic acid groups (broad SMARTS) is 1. The lowest BCUT2D eigenvalue weighted by Crippen LogP contribution is -2.19. The van der Waals surface area contributed by atoms with E-state index in [0.717, 1.165) is 18.4 Å². The van der Waals surface area contributed by atoms with Crippen molar-refractivity contribution in [2.24, 2.45) is 5.41 Å². The minimum atomic E-state index is -0.883. The Hall–Kier alpha value is -1.83. The van der Waals surface area contributed by atoms with Crippen LogP contribution in [0.4, 0.5) is 0 Å². The lowest BCUT2D eigenvalue weighted by Gasteiger charge is -2.33. The monoisotopic (exact) mass is 368 g/mol. The number of hydrogen-bond acceptors (Lipinski definition) is 1. The first-order valence-electron chi connectivity index (χ1n) is 10.5. The SMILES string of the molecule is CC1=C(C=CC2=C(/C=C/C(C)=C/C(=O)O)CCCCCC2)C(C)(C)CCC1. The molecule has 0 radical (unpaired) electrons. The quantitative estimate of drug-likeness (QED) is 0.408. The average Bonchev–Trinajstić information content (AvgIpc) is 2.54. The Morgan fingerprint density at radius 3 is 2.15 bits per heavy atom. The maximum atomic E-state index is 10.9. The molecule has 148 valence electrons. The van der Waals surface area contributed by atoms with Crippen molar-refractivity contribution in [2.75, 3.05) is 0 Å². The standard InChI is InChI=1S/C25H36O2/c1-19(18-24(26)27)13-14-21-11-7-5-6-8-12-22(21)15-16-23-20(2)10-9-17-25(23,3)4/h13-16,18H,5-12,17H2,1-4H3,(H,26,27)/b14-13+,16-15?,19-18+,22-21?. The summed E-state index contributed by atoms with van der Waals surface area (Å²) in [7, 11) is 0. The van der Waals surface area contributed by atoms with E-state index in [1.165, 1.54) is 73.3 Å². The molecule has 0 amide bonds. The van der Waals surface area contributed by atoms with E-state index < -0.39 is 5.97 Å². The van der Waals surface area contributed by atoms with Gasteiger partial charge in [0.25, 0.3) is 0 Å². The molecule has 0 heterocycles. The molecule has 0 unspecified atom stereocenters. The molecule has 0 bridgehead atoms. The molecule has 2 aliphatic carbocycles. The van der Waals surface area contributed by atoms with Crippen LogP contribution in [-0.4, -0.2) is 11.1 Å². The molecular formula is C25H36O2. The highest BCUT2D eigenvalue weighted by molar-refractivity contribution is 5.81. The van der Waals surface area contributed by atoms with Gasteiger partial charge in [0.05, 0.1) is 0 Å². The molecule has 2 aliphatic rings. The Kier molecular flexibility index (Phi) is 7.89. The van der Waals surface area contributed by atoms with Gasteiger partial charge in [-0.2, -0.15) is 0 Å². The van der Waals surface area contributed by atoms with E-state index in [1.807, 2.05) is 13.0 Å². The van der Waals surface area contributed by atoms with E-state index in [-0.39, 0.29) is 5.41 Å². The van der Waals surface area contributed by atoms with Crippen molar-refractivity contribution < 1.29 is 9.90 Å². The van der Waals surface area contributed by atoms with Crippen LogP contribution in [-0.2, 0) is 4.79 Å². The van der Waals surface area contributed by atoms with Crippen molar-refractivity contribution in [3.63, 3.8) is 0 Å². The third kappa shape index (κ3) is 6.68. The van der Waals surface area contributed by atoms with Crippen molar-refractivity contribution in [3.05, 3.63) is 58.2 Å². The number of allylic oxidation sites excluding steroid dienone is 9. The van der Waals surface area contributed by atoms with Crippen LogP contribution < -0.4 is 0 Å². The van der Waals surface area contributed by atoms with E-state index in [2.05, 4.69) is 39.0 Å². The van der Waals surface area contributed by atoms with E-state index >= 15 is 0 Å². The van der Waals surface area contributed by atoms with Gasteiger partial charge < -0.3 is 5.11 Å². The lowest BCUT2D eigenvalue weighted by molar-refractivity contribution is -0.131. The van der Waals surface area contributed by atoms with Crippen molar-refractivity contribution in [2.45, 2.75) is 85.5 Å². The molecule has 0 aromatic carbocycles. The molecular weight excluding hydrogens is 332 g/mol. The molecule has 0 saturated carbocycles. The predicted molar refractivity (Wildman–Crippen MR) is 115 cm³/mol. The third-order valence-electron chi connectivity index (χ3n) is 5.95. The second kappa shape index (κ2) is 9.92. The van der Waals surface area contributed by atoms with Crippen LogP contribution in [0, 0.1) is 5.41 Å². The van der Waals surface area contributed by atoms with Crippen LogP contribution in [0.5, 0.6) is 0 Å². The number of carbonyl (C=O) groups is 1. The normalized spacial score (nSPS) is 22.4. The second-order valence-corrected chi connectivity index (χ2v) is 8.79. The lowest BCUT2D eigenvalue weighted by atomic mass is 9.72. The predicted octanol–water partition coefficient (Wildman–Crippen LogP) is 7.31. The second-order valence-electron chi connectivity index (χ2n) is 8.79. The summed E-state index contributed by atoms with van der Waals surface area (Å²) in [6.07, 6.45) is 21.1. The number of aliphatic carboxylic acids is 1. The summed E-state index contributed by atoms with van der Waals surface area (Å²) in [5.41, 5.74) is 6.89. The Morgan fingerprint density at radius 2 is 1.56 bits per heavy atom. The zero-order valence-electron chi connectivity index (χ0n) is 17.6. The van der Waals surface area contributed by atoms with Gasteiger partial charge in [-0.3, -0.25) is 0 Å². The molecule has 0 aliphatic heterocycles. The van der Waals surface area contributed by atoms with Crippen molar-refractivity contribution in [3.8, 4) is 0 Å². The molecule has 2 nitrogen and oxygen atoms in total. The zero-order chi connectivity index (χ0) is 19.9. The van der Waals surface area contributed by atoms with Gasteiger partial charge in [-0.25, -0.2) is 4.79 Å². The Balaban J connectivity index is 2.33. The van der Waals surface area contributed by atoms with Crippen LogP contribution in [0.3, 0.4) is 0 Å². The molecule has 2 heteroatoms. The third-order valence-corrected chi connectivity index (χ3v) is 5.95. The fraction of sp³-hybridized carbons (Fsp3) is 0.560. The maximum absolute atomic E-state index is 10.9. The molecule has 2 rings (SSSR count). The summed E-state index contributed by atoms with van der Waals surface area (Å²) in [5.74, 6) is -0.883. The molecule has 27 heavy (non-hydrogen) atoms. The van der Waals surface area contributed by atoms with Gasteiger partial charge in [0.1, 0.15) is 0 Å². The fourth-order valence-electron chi connectivity index (χ4n) is 4.36. The summed E-state index contributed by atoms with van der Waals surface area (Å²) in [5, 5.41) is 8.92. The van der Waals surface area contributed by atoms with Gasteiger partial charge in [-0.05, 0) is 86.5 Å². The Morgan fingerprint density at radius 1 is 0.926 bits per heavy atom. The summed E-state index contributed by atoms with van der Waals surface area (Å²) < 4.78 is 0. The number of rotatable bonds is 5. The van der Waals surface area contributed by atoms with Crippen molar-refractivity contribution in [1.29, 1.82) is 0 Å².